The Labute approximate surface area is 53.0 Å². The van der Waals surface area contributed by atoms with Crippen molar-refractivity contribution in [1.82, 2.24) is 0 Å². The summed E-state index contributed by atoms with van der Waals surface area (Å²) in [5, 5.41) is 12.3. The van der Waals surface area contributed by atoms with Gasteiger partial charge in [-0.1, -0.05) is 13.8 Å². The van der Waals surface area contributed by atoms with Gasteiger partial charge >= 0.3 is 0 Å². The molecule has 48 valence electrons. The summed E-state index contributed by atoms with van der Waals surface area (Å²) in [4.78, 5) is 0. The van der Waals surface area contributed by atoms with Crippen LogP contribution >= 0.6 is 0 Å². The van der Waals surface area contributed by atoms with Crippen LogP contribution in [0.5, 0.6) is 0 Å². The van der Waals surface area contributed by atoms with Gasteiger partial charge in [-0.25, -0.2) is 0 Å². The first-order valence-corrected chi connectivity index (χ1v) is 3.84. The summed E-state index contributed by atoms with van der Waals surface area (Å²) in [7, 11) is 0.888. The number of nitrogens with zero attached hydrogens (tertiary/aromatic N) is 1. The fourth-order valence-corrected chi connectivity index (χ4v) is 1.45. The minimum atomic E-state index is 0.624. The van der Waals surface area contributed by atoms with Crippen LogP contribution < -0.4 is 0 Å². The van der Waals surface area contributed by atoms with E-state index >= 15 is 0 Å². The summed E-state index contributed by atoms with van der Waals surface area (Å²) < 4.78 is 0. The molecular weight excluding hydrogens is 118 g/mol. The molecule has 0 aliphatic heterocycles. The van der Waals surface area contributed by atoms with Gasteiger partial charge in [0.15, 0.2) is 0 Å². The molecule has 1 N–H and O–H groups in total. The van der Waals surface area contributed by atoms with E-state index in [1.807, 2.05) is 0 Å². The van der Waals surface area contributed by atoms with Gasteiger partial charge in [0, 0.05) is 5.33 Å². The molecule has 8 heavy (non-hydrogen) atoms. The fourth-order valence-electron chi connectivity index (χ4n) is 0.632. The molecule has 3 heteroatoms. The van der Waals surface area contributed by atoms with Crippen molar-refractivity contribution in [3.8, 4) is 0 Å². The van der Waals surface area contributed by atoms with Crippen LogP contribution in [0.15, 0.2) is 5.16 Å². The standard InChI is InChI=1S/C5H13NOSi/c1-4(2)3-5(8)6-7/h4,7H,3H2,1-2,8H3. The third-order valence-corrected chi connectivity index (χ3v) is 1.48. The van der Waals surface area contributed by atoms with Crippen LogP contribution in [0.4, 0.5) is 0 Å². The van der Waals surface area contributed by atoms with E-state index in [9.17, 15) is 0 Å². The lowest BCUT2D eigenvalue weighted by Crippen LogP contribution is -2.01. The monoisotopic (exact) mass is 131 g/mol. The van der Waals surface area contributed by atoms with Gasteiger partial charge in [-0.15, -0.1) is 5.16 Å². The SMILES string of the molecule is CC(C)CC([SiH3])=NO. The maximum absolute atomic E-state index is 8.21. The van der Waals surface area contributed by atoms with Crippen LogP contribution in [0.2, 0.25) is 0 Å². The summed E-state index contributed by atoms with van der Waals surface area (Å²) in [6.07, 6.45) is 0.947. The van der Waals surface area contributed by atoms with E-state index in [4.69, 9.17) is 5.21 Å². The van der Waals surface area contributed by atoms with Gasteiger partial charge in [-0.05, 0) is 12.3 Å². The summed E-state index contributed by atoms with van der Waals surface area (Å²) in [5.74, 6) is 0.624. The van der Waals surface area contributed by atoms with Gasteiger partial charge in [0.1, 0.15) is 0 Å². The van der Waals surface area contributed by atoms with Crippen molar-refractivity contribution in [1.29, 1.82) is 0 Å². The Morgan fingerprint density at radius 3 is 2.38 bits per heavy atom. The van der Waals surface area contributed by atoms with E-state index in [-0.39, 0.29) is 0 Å². The highest BCUT2D eigenvalue weighted by atomic mass is 28.1. The van der Waals surface area contributed by atoms with Gasteiger partial charge in [0.25, 0.3) is 0 Å². The second kappa shape index (κ2) is 3.66. The molecular formula is C5H13NOSi. The molecule has 0 heterocycles. The van der Waals surface area contributed by atoms with Crippen LogP contribution in [-0.4, -0.2) is 20.8 Å². The van der Waals surface area contributed by atoms with E-state index in [1.165, 1.54) is 0 Å². The maximum Gasteiger partial charge on any atom is 0.0613 e. The summed E-state index contributed by atoms with van der Waals surface area (Å²) >= 11 is 0. The van der Waals surface area contributed by atoms with Gasteiger partial charge in [-0.2, -0.15) is 0 Å². The molecule has 2 nitrogen and oxygen atoms in total. The molecule has 0 radical (unpaired) electrons. The third kappa shape index (κ3) is 3.86. The van der Waals surface area contributed by atoms with Gasteiger partial charge in [0.2, 0.25) is 0 Å². The van der Waals surface area contributed by atoms with E-state index in [2.05, 4.69) is 19.0 Å². The number of oxime groups is 1. The van der Waals surface area contributed by atoms with E-state index in [1.54, 1.807) is 0 Å². The lowest BCUT2D eigenvalue weighted by molar-refractivity contribution is 0.318. The molecule has 0 amide bonds. The highest BCUT2D eigenvalue weighted by Crippen LogP contribution is 1.98. The van der Waals surface area contributed by atoms with Crippen molar-refractivity contribution >= 4 is 15.6 Å². The highest BCUT2D eigenvalue weighted by molar-refractivity contribution is 6.59. The predicted octanol–water partition coefficient (Wildman–Crippen LogP) is 0.186. The zero-order valence-electron chi connectivity index (χ0n) is 5.68. The van der Waals surface area contributed by atoms with Crippen molar-refractivity contribution in [2.24, 2.45) is 11.1 Å². The molecule has 0 fully saturated rings. The van der Waals surface area contributed by atoms with Crippen LogP contribution in [0.25, 0.3) is 0 Å². The third-order valence-electron chi connectivity index (χ3n) is 0.874. The molecule has 0 bridgehead atoms. The van der Waals surface area contributed by atoms with Crippen molar-refractivity contribution in [2.45, 2.75) is 20.3 Å². The lowest BCUT2D eigenvalue weighted by atomic mass is 10.1. The van der Waals surface area contributed by atoms with Crippen molar-refractivity contribution in [2.75, 3.05) is 0 Å². The molecule has 0 rings (SSSR count). The Kier molecular flexibility index (Phi) is 3.52. The molecule has 0 saturated carbocycles. The molecule has 0 aromatic heterocycles. The lowest BCUT2D eigenvalue weighted by Gasteiger charge is -1.99. The Morgan fingerprint density at radius 2 is 2.25 bits per heavy atom. The molecule has 0 aliphatic rings. The summed E-state index contributed by atoms with van der Waals surface area (Å²) in [6, 6.07) is 0. The Bertz CT molecular complexity index is 90.4. The minimum Gasteiger partial charge on any atom is -0.411 e. The summed E-state index contributed by atoms with van der Waals surface area (Å²) in [5.41, 5.74) is 0. The average Bonchev–Trinajstić information content (AvgIpc) is 1.65. The molecule has 0 saturated heterocycles. The quantitative estimate of drug-likeness (QED) is 0.247. The van der Waals surface area contributed by atoms with Crippen molar-refractivity contribution < 1.29 is 5.21 Å². The van der Waals surface area contributed by atoms with Crippen LogP contribution in [0.3, 0.4) is 0 Å². The van der Waals surface area contributed by atoms with Crippen LogP contribution in [-0.2, 0) is 0 Å². The fraction of sp³-hybridized carbons (Fsp3) is 0.800. The van der Waals surface area contributed by atoms with E-state index in [0.29, 0.717) is 5.92 Å². The van der Waals surface area contributed by atoms with E-state index in [0.717, 1.165) is 22.0 Å². The predicted molar refractivity (Wildman–Crippen MR) is 38.6 cm³/mol. The first-order valence-electron chi connectivity index (χ1n) is 2.84. The molecule has 0 aliphatic carbocycles. The smallest absolute Gasteiger partial charge is 0.0613 e. The highest BCUT2D eigenvalue weighted by Gasteiger charge is 1.94. The molecule has 0 unspecified atom stereocenters. The Morgan fingerprint density at radius 1 is 1.75 bits per heavy atom. The Hall–Kier alpha value is -0.313. The van der Waals surface area contributed by atoms with Crippen molar-refractivity contribution in [3.63, 3.8) is 0 Å². The minimum absolute atomic E-state index is 0.624. The van der Waals surface area contributed by atoms with Gasteiger partial charge in [-0.3, -0.25) is 0 Å². The van der Waals surface area contributed by atoms with Crippen LogP contribution in [0.1, 0.15) is 20.3 Å². The zero-order valence-corrected chi connectivity index (χ0v) is 7.68. The second-order valence-corrected chi connectivity index (χ2v) is 3.59. The second-order valence-electron chi connectivity index (χ2n) is 2.43. The average molecular weight is 131 g/mol. The largest absolute Gasteiger partial charge is 0.411 e. The first-order chi connectivity index (χ1) is 3.66. The maximum atomic E-state index is 8.21. The van der Waals surface area contributed by atoms with Crippen LogP contribution in [0, 0.1) is 5.92 Å². The number of hydrogen-bond donors (Lipinski definition) is 1. The molecule has 0 atom stereocenters. The Balaban J connectivity index is 3.39. The summed E-state index contributed by atoms with van der Waals surface area (Å²) in [6.45, 7) is 4.23. The van der Waals surface area contributed by atoms with Gasteiger partial charge < -0.3 is 5.21 Å². The molecule has 0 aromatic carbocycles. The number of rotatable bonds is 2. The molecule has 0 spiro atoms. The molecule has 0 aromatic rings. The normalized spacial score (nSPS) is 13.1. The first kappa shape index (κ1) is 7.69. The topological polar surface area (TPSA) is 32.6 Å². The number of hydrogen-bond acceptors (Lipinski definition) is 2. The van der Waals surface area contributed by atoms with Crippen molar-refractivity contribution in [3.05, 3.63) is 0 Å². The van der Waals surface area contributed by atoms with Gasteiger partial charge in [0.05, 0.1) is 10.2 Å². The zero-order chi connectivity index (χ0) is 6.57. The van der Waals surface area contributed by atoms with E-state index < -0.39 is 0 Å².